The molecule has 1 aliphatic heterocycles. The van der Waals surface area contributed by atoms with E-state index in [4.69, 9.17) is 0 Å². The zero-order chi connectivity index (χ0) is 17.6. The van der Waals surface area contributed by atoms with Crippen LogP contribution >= 0.6 is 0 Å². The largest absolute Gasteiger partial charge is 0.390 e. The molecular weight excluding hydrogens is 310 g/mol. The summed E-state index contributed by atoms with van der Waals surface area (Å²) in [6.45, 7) is 2.95. The summed E-state index contributed by atoms with van der Waals surface area (Å²) >= 11 is 0. The molecule has 1 heterocycles. The molecule has 1 unspecified atom stereocenters. The third kappa shape index (κ3) is 4.26. The van der Waals surface area contributed by atoms with Crippen LogP contribution in [0, 0.1) is 17.9 Å². The molecule has 1 aliphatic carbocycles. The van der Waals surface area contributed by atoms with Gasteiger partial charge in [-0.1, -0.05) is 43.2 Å². The standard InChI is InChI=1S/C22H32NO2/c24-19-18-23(15-7-2-8-16-23)17-9-14-22(25,21-12-5-6-13-21)20-10-3-1-4-11-20/h1,3-4,10-11,21,24-25H,2,5-8,12-16,18-19H2/q+1. The Labute approximate surface area is 152 Å². The fourth-order valence-electron chi connectivity index (χ4n) is 4.65. The summed E-state index contributed by atoms with van der Waals surface area (Å²) in [5, 5.41) is 21.0. The number of aliphatic hydroxyl groups excluding tert-OH is 1. The van der Waals surface area contributed by atoms with Crippen molar-refractivity contribution in [2.45, 2.75) is 57.0 Å². The molecule has 3 rings (SSSR count). The van der Waals surface area contributed by atoms with Gasteiger partial charge in [-0.15, -0.1) is 0 Å². The van der Waals surface area contributed by atoms with Crippen molar-refractivity contribution < 1.29 is 14.7 Å². The maximum atomic E-state index is 11.6. The predicted molar refractivity (Wildman–Crippen MR) is 100 cm³/mol. The van der Waals surface area contributed by atoms with E-state index in [9.17, 15) is 10.2 Å². The minimum atomic E-state index is -0.844. The van der Waals surface area contributed by atoms with Gasteiger partial charge in [0, 0.05) is 6.42 Å². The van der Waals surface area contributed by atoms with Crippen molar-refractivity contribution in [1.82, 2.24) is 0 Å². The topological polar surface area (TPSA) is 40.5 Å². The van der Waals surface area contributed by atoms with Crippen molar-refractivity contribution in [3.63, 3.8) is 0 Å². The van der Waals surface area contributed by atoms with E-state index in [1.54, 1.807) is 0 Å². The molecule has 1 aromatic carbocycles. The summed E-state index contributed by atoms with van der Waals surface area (Å²) < 4.78 is 0.700. The Hall–Kier alpha value is -1.34. The first-order chi connectivity index (χ1) is 12.2. The van der Waals surface area contributed by atoms with Crippen LogP contribution in [0.3, 0.4) is 0 Å². The van der Waals surface area contributed by atoms with Gasteiger partial charge in [0.05, 0.1) is 19.7 Å². The van der Waals surface area contributed by atoms with Crippen molar-refractivity contribution in [1.29, 1.82) is 0 Å². The van der Waals surface area contributed by atoms with Gasteiger partial charge in [0.15, 0.2) is 0 Å². The fraction of sp³-hybridized carbons (Fsp3) is 0.636. The molecular formula is C22H32NO2+. The number of piperidine rings is 1. The highest BCUT2D eigenvalue weighted by molar-refractivity contribution is 5.25. The van der Waals surface area contributed by atoms with Gasteiger partial charge < -0.3 is 10.2 Å². The number of rotatable bonds is 5. The van der Waals surface area contributed by atoms with Crippen molar-refractivity contribution in [2.24, 2.45) is 5.92 Å². The van der Waals surface area contributed by atoms with Crippen LogP contribution in [0.5, 0.6) is 0 Å². The summed E-state index contributed by atoms with van der Waals surface area (Å²) in [5.41, 5.74) is 0.160. The number of likely N-dealkylation sites (tertiary alicyclic amines) is 1. The first kappa shape index (κ1) is 18.5. The molecule has 0 radical (unpaired) electrons. The monoisotopic (exact) mass is 342 g/mol. The maximum Gasteiger partial charge on any atom is 0.137 e. The third-order valence-corrected chi connectivity index (χ3v) is 6.18. The normalized spacial score (nSPS) is 22.8. The molecule has 2 N–H and O–H groups in total. The van der Waals surface area contributed by atoms with E-state index in [-0.39, 0.29) is 6.61 Å². The molecule has 3 heteroatoms. The highest BCUT2D eigenvalue weighted by Gasteiger charge is 2.39. The van der Waals surface area contributed by atoms with E-state index < -0.39 is 5.60 Å². The van der Waals surface area contributed by atoms with Gasteiger partial charge in [-0.3, -0.25) is 0 Å². The molecule has 1 atom stereocenters. The molecule has 1 saturated carbocycles. The lowest BCUT2D eigenvalue weighted by molar-refractivity contribution is -0.869. The lowest BCUT2D eigenvalue weighted by Crippen LogP contribution is -2.49. The minimum absolute atomic E-state index is 0.181. The van der Waals surface area contributed by atoms with Crippen LogP contribution < -0.4 is 0 Å². The average molecular weight is 343 g/mol. The average Bonchev–Trinajstić information content (AvgIpc) is 3.19. The molecule has 1 aromatic rings. The first-order valence-corrected chi connectivity index (χ1v) is 9.94. The zero-order valence-corrected chi connectivity index (χ0v) is 15.3. The summed E-state index contributed by atoms with van der Waals surface area (Å²) in [6.07, 6.45) is 8.71. The second kappa shape index (κ2) is 8.36. The Morgan fingerprint density at radius 3 is 2.32 bits per heavy atom. The van der Waals surface area contributed by atoms with Crippen LogP contribution in [0.25, 0.3) is 0 Å². The molecule has 136 valence electrons. The number of nitrogens with zero attached hydrogens (tertiary/aromatic N) is 1. The molecule has 3 nitrogen and oxygen atoms in total. The number of benzene rings is 1. The van der Waals surface area contributed by atoms with Crippen molar-refractivity contribution in [2.75, 3.05) is 26.2 Å². The van der Waals surface area contributed by atoms with Gasteiger partial charge in [-0.05, 0) is 49.5 Å². The van der Waals surface area contributed by atoms with Gasteiger partial charge in [0.25, 0.3) is 0 Å². The van der Waals surface area contributed by atoms with Gasteiger partial charge in [0.2, 0.25) is 0 Å². The lowest BCUT2D eigenvalue weighted by atomic mass is 9.78. The number of hydrogen-bond acceptors (Lipinski definition) is 2. The van der Waals surface area contributed by atoms with Crippen LogP contribution in [-0.4, -0.2) is 40.9 Å². The summed E-state index contributed by atoms with van der Waals surface area (Å²) in [7, 11) is 0. The van der Waals surface area contributed by atoms with E-state index in [1.807, 2.05) is 30.3 Å². The summed E-state index contributed by atoms with van der Waals surface area (Å²) in [5.74, 6) is 3.66. The SMILES string of the molecule is OCC[N+]1(C#CCC(O)(c2ccccc2)C2CCCC2)CCCCC1. The highest BCUT2D eigenvalue weighted by Crippen LogP contribution is 2.42. The lowest BCUT2D eigenvalue weighted by Gasteiger charge is -2.35. The smallest absolute Gasteiger partial charge is 0.137 e. The molecule has 25 heavy (non-hydrogen) atoms. The van der Waals surface area contributed by atoms with Gasteiger partial charge in [0.1, 0.15) is 18.2 Å². The molecule has 0 aromatic heterocycles. The predicted octanol–water partition coefficient (Wildman–Crippen LogP) is 3.41. The number of quaternary nitrogens is 1. The molecule has 2 fully saturated rings. The van der Waals surface area contributed by atoms with E-state index in [1.165, 1.54) is 32.1 Å². The Kier molecular flexibility index (Phi) is 6.17. The van der Waals surface area contributed by atoms with E-state index >= 15 is 0 Å². The Bertz CT molecular complexity index is 586. The van der Waals surface area contributed by atoms with Crippen LogP contribution in [-0.2, 0) is 5.60 Å². The van der Waals surface area contributed by atoms with Crippen LogP contribution in [0.1, 0.15) is 56.9 Å². The quantitative estimate of drug-likeness (QED) is 0.636. The number of hydrogen-bond donors (Lipinski definition) is 2. The second-order valence-electron chi connectivity index (χ2n) is 7.84. The number of aliphatic hydroxyl groups is 2. The highest BCUT2D eigenvalue weighted by atomic mass is 16.3. The van der Waals surface area contributed by atoms with E-state index in [2.05, 4.69) is 12.0 Å². The molecule has 2 aliphatic rings. The summed E-state index contributed by atoms with van der Waals surface area (Å²) in [6, 6.07) is 13.5. The Morgan fingerprint density at radius 1 is 1.00 bits per heavy atom. The van der Waals surface area contributed by atoms with Gasteiger partial charge >= 0.3 is 0 Å². The van der Waals surface area contributed by atoms with Crippen LogP contribution in [0.15, 0.2) is 30.3 Å². The molecule has 0 bridgehead atoms. The van der Waals surface area contributed by atoms with Crippen LogP contribution in [0.2, 0.25) is 0 Å². The zero-order valence-electron chi connectivity index (χ0n) is 15.3. The van der Waals surface area contributed by atoms with Crippen molar-refractivity contribution in [3.8, 4) is 12.0 Å². The van der Waals surface area contributed by atoms with E-state index in [0.717, 1.165) is 31.5 Å². The summed E-state index contributed by atoms with van der Waals surface area (Å²) in [4.78, 5) is 0. The van der Waals surface area contributed by atoms with Crippen molar-refractivity contribution in [3.05, 3.63) is 35.9 Å². The Morgan fingerprint density at radius 2 is 1.68 bits per heavy atom. The maximum absolute atomic E-state index is 11.6. The van der Waals surface area contributed by atoms with E-state index in [0.29, 0.717) is 23.4 Å². The van der Waals surface area contributed by atoms with Gasteiger partial charge in [-0.25, -0.2) is 4.48 Å². The second-order valence-corrected chi connectivity index (χ2v) is 7.84. The van der Waals surface area contributed by atoms with Crippen LogP contribution in [0.4, 0.5) is 0 Å². The van der Waals surface area contributed by atoms with Crippen molar-refractivity contribution >= 4 is 0 Å². The van der Waals surface area contributed by atoms with Gasteiger partial charge in [-0.2, -0.15) is 0 Å². The third-order valence-electron chi connectivity index (χ3n) is 6.18. The Balaban J connectivity index is 1.81. The molecule has 0 spiro atoms. The minimum Gasteiger partial charge on any atom is -0.390 e. The molecule has 1 saturated heterocycles. The first-order valence-electron chi connectivity index (χ1n) is 9.94. The molecule has 0 amide bonds. The fourth-order valence-corrected chi connectivity index (χ4v) is 4.65.